The molecule has 1 saturated heterocycles. The van der Waals surface area contributed by atoms with E-state index in [-0.39, 0.29) is 28.0 Å². The Labute approximate surface area is 248 Å². The highest BCUT2D eigenvalue weighted by Gasteiger charge is 2.38. The number of amides is 1. The first-order valence-electron chi connectivity index (χ1n) is 12.7. The molecule has 13 heteroatoms. The molecule has 5 rings (SSSR count). The summed E-state index contributed by atoms with van der Waals surface area (Å²) in [6, 6.07) is 11.7. The second-order valence-corrected chi connectivity index (χ2v) is 12.7. The van der Waals surface area contributed by atoms with Gasteiger partial charge in [-0.3, -0.25) is 4.57 Å². The zero-order valence-electron chi connectivity index (χ0n) is 22.3. The lowest BCUT2D eigenvalue weighted by molar-refractivity contribution is -0.140. The summed E-state index contributed by atoms with van der Waals surface area (Å²) in [7, 11) is 0. The average molecular weight is 625 g/mol. The molecule has 1 unspecified atom stereocenters. The van der Waals surface area contributed by atoms with E-state index in [9.17, 15) is 23.1 Å². The number of alkyl halides is 3. The first-order chi connectivity index (χ1) is 19.2. The number of piperazine rings is 1. The third-order valence-electron chi connectivity index (χ3n) is 6.97. The van der Waals surface area contributed by atoms with Gasteiger partial charge < -0.3 is 14.9 Å². The third-order valence-corrected chi connectivity index (χ3v) is 8.66. The van der Waals surface area contributed by atoms with Crippen LogP contribution in [0, 0.1) is 5.41 Å². The van der Waals surface area contributed by atoms with Crippen LogP contribution < -0.4 is 4.90 Å². The Morgan fingerprint density at radius 1 is 1.05 bits per heavy atom. The maximum Gasteiger partial charge on any atom is 0.434 e. The number of hydrogen-bond acceptors (Lipinski definition) is 5. The minimum Gasteiger partial charge on any atom is -0.465 e. The zero-order chi connectivity index (χ0) is 29.7. The molecule has 7 nitrogen and oxygen atoms in total. The number of benzene rings is 1. The molecule has 1 aliphatic heterocycles. The van der Waals surface area contributed by atoms with Crippen molar-refractivity contribution >= 4 is 46.4 Å². The molecule has 0 spiro atoms. The highest BCUT2D eigenvalue weighted by atomic mass is 35.5. The van der Waals surface area contributed by atoms with E-state index in [1.807, 2.05) is 39.0 Å². The number of rotatable bonds is 4. The van der Waals surface area contributed by atoms with Crippen LogP contribution in [0.15, 0.2) is 54.9 Å². The van der Waals surface area contributed by atoms with E-state index in [4.69, 9.17) is 23.2 Å². The van der Waals surface area contributed by atoms with Gasteiger partial charge in [-0.1, -0.05) is 44.0 Å². The van der Waals surface area contributed by atoms with Gasteiger partial charge in [0.25, 0.3) is 0 Å². The lowest BCUT2D eigenvalue weighted by atomic mass is 9.84. The SMILES string of the molecule is CC(C)(C)C1CN(c2ccc(-c3ccc(-c4nc(C(F)(F)F)cn4-c4cc(Cl)ccc4Cl)s3)cn2)CCN1C(=O)O. The van der Waals surface area contributed by atoms with Crippen molar-refractivity contribution in [3.05, 3.63) is 70.6 Å². The zero-order valence-corrected chi connectivity index (χ0v) is 24.6. The predicted molar refractivity (Wildman–Crippen MR) is 155 cm³/mol. The van der Waals surface area contributed by atoms with Gasteiger partial charge in [0.1, 0.15) is 5.82 Å². The first kappa shape index (κ1) is 29.2. The fourth-order valence-corrected chi connectivity index (χ4v) is 6.20. The van der Waals surface area contributed by atoms with E-state index in [0.717, 1.165) is 22.5 Å². The molecule has 1 N–H and O–H groups in total. The van der Waals surface area contributed by atoms with E-state index in [0.29, 0.717) is 29.5 Å². The Morgan fingerprint density at radius 3 is 2.41 bits per heavy atom. The lowest BCUT2D eigenvalue weighted by Gasteiger charge is -2.46. The Balaban J connectivity index is 1.43. The second kappa shape index (κ2) is 10.8. The van der Waals surface area contributed by atoms with Gasteiger partial charge in [0.05, 0.1) is 21.6 Å². The number of hydrogen-bond donors (Lipinski definition) is 1. The fourth-order valence-electron chi connectivity index (χ4n) is 4.84. The summed E-state index contributed by atoms with van der Waals surface area (Å²) in [6.45, 7) is 7.46. The van der Waals surface area contributed by atoms with Crippen LogP contribution in [0.5, 0.6) is 0 Å². The molecule has 1 aromatic carbocycles. The molecule has 1 fully saturated rings. The van der Waals surface area contributed by atoms with Crippen LogP contribution >= 0.6 is 34.5 Å². The fraction of sp³-hybridized carbons (Fsp3) is 0.321. The van der Waals surface area contributed by atoms with E-state index >= 15 is 0 Å². The molecule has 1 aliphatic rings. The van der Waals surface area contributed by atoms with Crippen molar-refractivity contribution in [2.24, 2.45) is 5.41 Å². The maximum absolute atomic E-state index is 13.6. The second-order valence-electron chi connectivity index (χ2n) is 10.8. The molecular weight excluding hydrogens is 598 g/mol. The molecule has 0 radical (unpaired) electrons. The molecule has 1 amide bonds. The van der Waals surface area contributed by atoms with Gasteiger partial charge >= 0.3 is 12.3 Å². The van der Waals surface area contributed by atoms with E-state index in [1.54, 1.807) is 18.3 Å². The normalized spacial score (nSPS) is 16.3. The minimum absolute atomic E-state index is 0.0897. The molecular formula is C28H26Cl2F3N5O2S. The number of thiophene rings is 1. The van der Waals surface area contributed by atoms with Crippen LogP contribution in [0.25, 0.3) is 26.8 Å². The minimum atomic E-state index is -4.65. The van der Waals surface area contributed by atoms with Crippen molar-refractivity contribution in [1.82, 2.24) is 19.4 Å². The van der Waals surface area contributed by atoms with Gasteiger partial charge in [0, 0.05) is 47.5 Å². The van der Waals surface area contributed by atoms with E-state index in [1.165, 1.54) is 32.9 Å². The number of halogens is 5. The largest absolute Gasteiger partial charge is 0.465 e. The van der Waals surface area contributed by atoms with Crippen molar-refractivity contribution in [2.75, 3.05) is 24.5 Å². The van der Waals surface area contributed by atoms with E-state index in [2.05, 4.69) is 14.9 Å². The topological polar surface area (TPSA) is 74.5 Å². The molecule has 0 aliphatic carbocycles. The summed E-state index contributed by atoms with van der Waals surface area (Å²) in [4.78, 5) is 25.2. The Kier molecular flexibility index (Phi) is 7.73. The van der Waals surface area contributed by atoms with Crippen LogP contribution in [-0.4, -0.2) is 56.3 Å². The van der Waals surface area contributed by atoms with Crippen LogP contribution in [0.1, 0.15) is 26.5 Å². The summed E-state index contributed by atoms with van der Waals surface area (Å²) >= 11 is 13.7. The number of aromatic nitrogens is 3. The third kappa shape index (κ3) is 6.02. The summed E-state index contributed by atoms with van der Waals surface area (Å²) in [5, 5.41) is 10.2. The Hall–Kier alpha value is -3.28. The first-order valence-corrected chi connectivity index (χ1v) is 14.2. The number of pyridine rings is 1. The maximum atomic E-state index is 13.6. The van der Waals surface area contributed by atoms with Crippen molar-refractivity contribution in [3.8, 4) is 26.8 Å². The quantitative estimate of drug-likeness (QED) is 0.248. The van der Waals surface area contributed by atoms with Crippen molar-refractivity contribution < 1.29 is 23.1 Å². The summed E-state index contributed by atoms with van der Waals surface area (Å²) in [5.74, 6) is 0.817. The smallest absolute Gasteiger partial charge is 0.434 e. The van der Waals surface area contributed by atoms with Crippen LogP contribution in [0.2, 0.25) is 10.0 Å². The van der Waals surface area contributed by atoms with Crippen LogP contribution in [0.4, 0.5) is 23.8 Å². The lowest BCUT2D eigenvalue weighted by Crippen LogP contribution is -2.59. The highest BCUT2D eigenvalue weighted by molar-refractivity contribution is 7.18. The summed E-state index contributed by atoms with van der Waals surface area (Å²) in [6.07, 6.45) is -2.95. The molecule has 3 aromatic heterocycles. The number of nitrogens with zero attached hydrogens (tertiary/aromatic N) is 5. The molecule has 41 heavy (non-hydrogen) atoms. The number of carboxylic acid groups (broad SMARTS) is 1. The molecule has 0 bridgehead atoms. The van der Waals surface area contributed by atoms with Gasteiger partial charge in [-0.05, 0) is 47.9 Å². The molecule has 4 heterocycles. The molecule has 1 atom stereocenters. The van der Waals surface area contributed by atoms with Crippen LogP contribution in [-0.2, 0) is 6.18 Å². The average Bonchev–Trinajstić information content (AvgIpc) is 3.57. The van der Waals surface area contributed by atoms with Crippen molar-refractivity contribution in [2.45, 2.75) is 33.0 Å². The van der Waals surface area contributed by atoms with Gasteiger partial charge in [0.2, 0.25) is 0 Å². The highest BCUT2D eigenvalue weighted by Crippen LogP contribution is 2.39. The van der Waals surface area contributed by atoms with Crippen molar-refractivity contribution in [3.63, 3.8) is 0 Å². The standard InChI is InChI=1S/C28H26Cl2F3N5O2S/c1-27(2,3)23-15-36(10-11-37(23)26(39)40)24-9-4-16(13-34-24)20-7-8-21(41-20)25-35-22(28(31,32)33)14-38(25)19-12-17(29)5-6-18(19)30/h4-9,12-14,23H,10-11,15H2,1-3H3,(H,39,40). The Bertz CT molecular complexity index is 1580. The molecule has 0 saturated carbocycles. The monoisotopic (exact) mass is 623 g/mol. The van der Waals surface area contributed by atoms with Gasteiger partial charge in [-0.2, -0.15) is 13.2 Å². The van der Waals surface area contributed by atoms with Crippen molar-refractivity contribution in [1.29, 1.82) is 0 Å². The van der Waals surface area contributed by atoms with Gasteiger partial charge in [-0.25, -0.2) is 14.8 Å². The molecule has 216 valence electrons. The van der Waals surface area contributed by atoms with E-state index < -0.39 is 18.0 Å². The predicted octanol–water partition coefficient (Wildman–Crippen LogP) is 8.20. The Morgan fingerprint density at radius 2 is 1.78 bits per heavy atom. The van der Waals surface area contributed by atoms with Gasteiger partial charge in [-0.15, -0.1) is 11.3 Å². The summed E-state index contributed by atoms with van der Waals surface area (Å²) < 4.78 is 42.2. The number of imidazole rings is 1. The number of anilines is 1. The summed E-state index contributed by atoms with van der Waals surface area (Å²) in [5.41, 5.74) is -0.218. The van der Waals surface area contributed by atoms with Crippen LogP contribution in [0.3, 0.4) is 0 Å². The molecule has 4 aromatic rings. The number of carbonyl (C=O) groups is 1. The van der Waals surface area contributed by atoms with Gasteiger partial charge in [0.15, 0.2) is 11.5 Å².